The van der Waals surface area contributed by atoms with Crippen LogP contribution >= 0.6 is 24.0 Å². The highest BCUT2D eigenvalue weighted by atomic mass is 127. The van der Waals surface area contributed by atoms with Gasteiger partial charge in [-0.1, -0.05) is 24.3 Å². The summed E-state index contributed by atoms with van der Waals surface area (Å²) in [5.41, 5.74) is 8.22. The quantitative estimate of drug-likeness (QED) is 0.294. The first-order chi connectivity index (χ1) is 11.1. The van der Waals surface area contributed by atoms with E-state index in [4.69, 9.17) is 10.5 Å². The largest absolute Gasteiger partial charge is 0.497 e. The van der Waals surface area contributed by atoms with Crippen LogP contribution in [0.4, 0.5) is 0 Å². The Morgan fingerprint density at radius 2 is 2.12 bits per heavy atom. The highest BCUT2D eigenvalue weighted by molar-refractivity contribution is 14.0. The van der Waals surface area contributed by atoms with Crippen LogP contribution in [0.5, 0.6) is 5.75 Å². The number of aliphatic imine (C=N–C) groups is 1. The molecule has 0 spiro atoms. The molecular formula is C18H29IN4O. The van der Waals surface area contributed by atoms with Crippen molar-refractivity contribution in [2.45, 2.75) is 25.8 Å². The normalized spacial score (nSPS) is 16.3. The van der Waals surface area contributed by atoms with E-state index >= 15 is 0 Å². The fourth-order valence-electron chi connectivity index (χ4n) is 2.82. The van der Waals surface area contributed by atoms with Crippen LogP contribution in [0.25, 0.3) is 0 Å². The maximum Gasteiger partial charge on any atom is 0.188 e. The number of halogens is 1. The topological polar surface area (TPSA) is 62.9 Å². The van der Waals surface area contributed by atoms with Crippen molar-refractivity contribution in [3.63, 3.8) is 0 Å². The molecule has 1 unspecified atom stereocenters. The van der Waals surface area contributed by atoms with Crippen LogP contribution in [-0.2, 0) is 0 Å². The van der Waals surface area contributed by atoms with E-state index in [0.29, 0.717) is 19.0 Å². The highest BCUT2D eigenvalue weighted by Gasteiger charge is 2.23. The van der Waals surface area contributed by atoms with Crippen LogP contribution in [-0.4, -0.2) is 44.1 Å². The molecule has 5 nitrogen and oxygen atoms in total. The lowest BCUT2D eigenvalue weighted by Gasteiger charge is -2.27. The lowest BCUT2D eigenvalue weighted by molar-refractivity contribution is 0.251. The van der Waals surface area contributed by atoms with E-state index in [1.54, 1.807) is 7.11 Å². The predicted molar refractivity (Wildman–Crippen MR) is 111 cm³/mol. The smallest absolute Gasteiger partial charge is 0.188 e. The summed E-state index contributed by atoms with van der Waals surface area (Å²) in [4.78, 5) is 7.01. The Labute approximate surface area is 162 Å². The molecule has 0 saturated carbocycles. The Morgan fingerprint density at radius 1 is 1.42 bits per heavy atom. The van der Waals surface area contributed by atoms with Crippen molar-refractivity contribution < 1.29 is 4.74 Å². The first-order valence-corrected chi connectivity index (χ1v) is 8.16. The van der Waals surface area contributed by atoms with Crippen LogP contribution in [0.15, 0.2) is 41.4 Å². The van der Waals surface area contributed by atoms with E-state index in [1.807, 2.05) is 19.1 Å². The average Bonchev–Trinajstić information content (AvgIpc) is 3.07. The third-order valence-electron chi connectivity index (χ3n) is 4.07. The number of guanidine groups is 1. The second kappa shape index (κ2) is 10.6. The summed E-state index contributed by atoms with van der Waals surface area (Å²) in [6.45, 7) is 9.33. The fourth-order valence-corrected chi connectivity index (χ4v) is 2.82. The summed E-state index contributed by atoms with van der Waals surface area (Å²) in [5.74, 6) is 1.35. The molecule has 1 aliphatic heterocycles. The van der Waals surface area contributed by atoms with Crippen molar-refractivity contribution >= 4 is 29.9 Å². The number of nitrogens with one attached hydrogen (secondary N) is 1. The van der Waals surface area contributed by atoms with Crippen molar-refractivity contribution in [2.24, 2.45) is 10.7 Å². The minimum atomic E-state index is 0. The van der Waals surface area contributed by atoms with Crippen molar-refractivity contribution in [2.75, 3.05) is 33.3 Å². The molecule has 3 N–H and O–H groups in total. The number of benzene rings is 1. The van der Waals surface area contributed by atoms with Gasteiger partial charge in [-0.05, 0) is 50.6 Å². The van der Waals surface area contributed by atoms with Crippen LogP contribution < -0.4 is 15.8 Å². The number of hydrogen-bond acceptors (Lipinski definition) is 3. The Kier molecular flexibility index (Phi) is 9.13. The lowest BCUT2D eigenvalue weighted by Crippen LogP contribution is -2.34. The molecule has 1 aliphatic rings. The van der Waals surface area contributed by atoms with Crippen LogP contribution in [0, 0.1) is 0 Å². The molecular weight excluding hydrogens is 415 g/mol. The van der Waals surface area contributed by atoms with E-state index in [9.17, 15) is 0 Å². The summed E-state index contributed by atoms with van der Waals surface area (Å²) in [5, 5.41) is 3.09. The number of methoxy groups -OCH3 is 1. The number of rotatable bonds is 7. The van der Waals surface area contributed by atoms with Crippen molar-refractivity contribution in [3.8, 4) is 5.75 Å². The Balaban J connectivity index is 0.00000288. The van der Waals surface area contributed by atoms with E-state index in [0.717, 1.165) is 24.4 Å². The van der Waals surface area contributed by atoms with Gasteiger partial charge < -0.3 is 15.8 Å². The van der Waals surface area contributed by atoms with Crippen molar-refractivity contribution in [1.82, 2.24) is 10.2 Å². The zero-order valence-corrected chi connectivity index (χ0v) is 17.0. The van der Waals surface area contributed by atoms with Gasteiger partial charge in [0.05, 0.1) is 19.7 Å². The molecule has 1 fully saturated rings. The molecule has 6 heteroatoms. The zero-order chi connectivity index (χ0) is 16.7. The molecule has 1 heterocycles. The monoisotopic (exact) mass is 444 g/mol. The van der Waals surface area contributed by atoms with Crippen LogP contribution in [0.2, 0.25) is 0 Å². The van der Waals surface area contributed by atoms with Gasteiger partial charge in [-0.2, -0.15) is 0 Å². The molecule has 0 bridgehead atoms. The molecule has 134 valence electrons. The Hall–Kier alpha value is -1.28. The summed E-state index contributed by atoms with van der Waals surface area (Å²) < 4.78 is 5.36. The molecule has 1 aromatic rings. The number of nitrogens with zero attached hydrogens (tertiary/aromatic N) is 2. The van der Waals surface area contributed by atoms with E-state index in [2.05, 4.69) is 33.9 Å². The third kappa shape index (κ3) is 6.32. The van der Waals surface area contributed by atoms with Gasteiger partial charge in [0.2, 0.25) is 0 Å². The van der Waals surface area contributed by atoms with Gasteiger partial charge in [0.15, 0.2) is 5.96 Å². The molecule has 0 amide bonds. The SMILES string of the molecule is C=C(C)CNC(N)=NCC(c1cccc(OC)c1)N1CCCC1.I. The molecule has 2 rings (SSSR count). The van der Waals surface area contributed by atoms with E-state index < -0.39 is 0 Å². The van der Waals surface area contributed by atoms with Gasteiger partial charge in [-0.25, -0.2) is 0 Å². The van der Waals surface area contributed by atoms with Gasteiger partial charge in [0.25, 0.3) is 0 Å². The number of likely N-dealkylation sites (tertiary alicyclic amines) is 1. The molecule has 1 saturated heterocycles. The minimum Gasteiger partial charge on any atom is -0.497 e. The number of ether oxygens (including phenoxy) is 1. The van der Waals surface area contributed by atoms with Crippen LogP contribution in [0.1, 0.15) is 31.4 Å². The van der Waals surface area contributed by atoms with Gasteiger partial charge in [-0.15, -0.1) is 24.0 Å². The second-order valence-corrected chi connectivity index (χ2v) is 6.07. The first kappa shape index (κ1) is 20.8. The molecule has 24 heavy (non-hydrogen) atoms. The molecule has 1 atom stereocenters. The summed E-state index contributed by atoms with van der Waals surface area (Å²) in [6, 6.07) is 8.46. The van der Waals surface area contributed by atoms with Crippen molar-refractivity contribution in [3.05, 3.63) is 42.0 Å². The Morgan fingerprint density at radius 3 is 2.75 bits per heavy atom. The predicted octanol–water partition coefficient (Wildman–Crippen LogP) is 2.93. The zero-order valence-electron chi connectivity index (χ0n) is 14.6. The van der Waals surface area contributed by atoms with Gasteiger partial charge in [0.1, 0.15) is 5.75 Å². The summed E-state index contributed by atoms with van der Waals surface area (Å²) in [7, 11) is 1.70. The summed E-state index contributed by atoms with van der Waals surface area (Å²) in [6.07, 6.45) is 2.49. The lowest BCUT2D eigenvalue weighted by atomic mass is 10.1. The van der Waals surface area contributed by atoms with E-state index in [1.165, 1.54) is 18.4 Å². The molecule has 0 aromatic heterocycles. The molecule has 0 radical (unpaired) electrons. The number of hydrogen-bond donors (Lipinski definition) is 2. The maximum atomic E-state index is 5.96. The molecule has 1 aromatic carbocycles. The van der Waals surface area contributed by atoms with E-state index in [-0.39, 0.29) is 30.0 Å². The Bertz CT molecular complexity index is 556. The maximum absolute atomic E-state index is 5.96. The van der Waals surface area contributed by atoms with Crippen molar-refractivity contribution in [1.29, 1.82) is 0 Å². The molecule has 0 aliphatic carbocycles. The number of nitrogens with two attached hydrogens (primary N) is 1. The minimum absolute atomic E-state index is 0. The third-order valence-corrected chi connectivity index (χ3v) is 4.07. The fraction of sp³-hybridized carbons (Fsp3) is 0.500. The standard InChI is InChI=1S/C18H28N4O.HI/c1-14(2)12-20-18(19)21-13-17(22-9-4-5-10-22)15-7-6-8-16(11-15)23-3;/h6-8,11,17H,1,4-5,9-10,12-13H2,2-3H3,(H3,19,20,21);1H. The van der Waals surface area contributed by atoms with Gasteiger partial charge in [-0.3, -0.25) is 9.89 Å². The van der Waals surface area contributed by atoms with Gasteiger partial charge in [0, 0.05) is 6.54 Å². The highest BCUT2D eigenvalue weighted by Crippen LogP contribution is 2.27. The van der Waals surface area contributed by atoms with Crippen LogP contribution in [0.3, 0.4) is 0 Å². The van der Waals surface area contributed by atoms with Gasteiger partial charge >= 0.3 is 0 Å². The first-order valence-electron chi connectivity index (χ1n) is 8.16. The second-order valence-electron chi connectivity index (χ2n) is 6.07. The summed E-state index contributed by atoms with van der Waals surface area (Å²) >= 11 is 0. The average molecular weight is 444 g/mol.